The molecule has 0 aromatic heterocycles. The molecule has 3 amide bonds. The van der Waals surface area contributed by atoms with Gasteiger partial charge in [0, 0.05) is 5.69 Å². The number of nitrogens with one attached hydrogen (secondary N) is 1. The Bertz CT molecular complexity index is 1080. The number of aryl methyl sites for hydroxylation is 2. The number of rotatable bonds is 6. The summed E-state index contributed by atoms with van der Waals surface area (Å²) in [6.45, 7) is 3.51. The van der Waals surface area contributed by atoms with E-state index in [1.165, 1.54) is 7.11 Å². The smallest absolute Gasteiger partial charge is 0.294 e. The molecule has 0 unspecified atom stereocenters. The van der Waals surface area contributed by atoms with Gasteiger partial charge in [-0.25, -0.2) is 0 Å². The molecule has 1 aliphatic heterocycles. The topological polar surface area (TPSA) is 84.9 Å². The predicted molar refractivity (Wildman–Crippen MR) is 129 cm³/mol. The van der Waals surface area contributed by atoms with Crippen LogP contribution < -0.4 is 14.8 Å². The Kier molecular flexibility index (Phi) is 7.26. The highest BCUT2D eigenvalue weighted by Crippen LogP contribution is 2.37. The standard InChI is InChI=1S/C22H21IN2O5S/c1-12-5-13(2)7-15(6-12)24-19(26)11-25-21(27)18(31-22(25)28)10-14-8-16(23)20(30-4)17(9-14)29-3/h5-10H,11H2,1-4H3,(H,24,26)/b18-10+. The Morgan fingerprint density at radius 2 is 1.77 bits per heavy atom. The lowest BCUT2D eigenvalue weighted by Gasteiger charge is -2.13. The maximum absolute atomic E-state index is 12.8. The molecule has 0 bridgehead atoms. The van der Waals surface area contributed by atoms with Gasteiger partial charge in [0.25, 0.3) is 11.1 Å². The molecule has 0 saturated carbocycles. The van der Waals surface area contributed by atoms with Gasteiger partial charge in [0.2, 0.25) is 5.91 Å². The van der Waals surface area contributed by atoms with Gasteiger partial charge in [-0.1, -0.05) is 6.07 Å². The first-order valence-corrected chi connectivity index (χ1v) is 11.2. The number of hydrogen-bond donors (Lipinski definition) is 1. The lowest BCUT2D eigenvalue weighted by atomic mass is 10.1. The van der Waals surface area contributed by atoms with Crippen molar-refractivity contribution in [2.45, 2.75) is 13.8 Å². The molecule has 0 aliphatic carbocycles. The normalized spacial score (nSPS) is 14.9. The van der Waals surface area contributed by atoms with Crippen LogP contribution >= 0.6 is 34.4 Å². The largest absolute Gasteiger partial charge is 0.493 e. The maximum atomic E-state index is 12.8. The number of nitrogens with zero attached hydrogens (tertiary/aromatic N) is 1. The summed E-state index contributed by atoms with van der Waals surface area (Å²) in [5.74, 6) is 0.175. The van der Waals surface area contributed by atoms with E-state index < -0.39 is 17.1 Å². The van der Waals surface area contributed by atoms with Crippen LogP contribution in [0, 0.1) is 17.4 Å². The van der Waals surface area contributed by atoms with Crippen molar-refractivity contribution in [3.63, 3.8) is 0 Å². The molecule has 2 aromatic rings. The number of ether oxygens (including phenoxy) is 2. The fraction of sp³-hybridized carbons (Fsp3) is 0.227. The molecule has 2 aromatic carbocycles. The van der Waals surface area contributed by atoms with E-state index >= 15 is 0 Å². The minimum atomic E-state index is -0.504. The molecule has 1 heterocycles. The first kappa shape index (κ1) is 23.1. The summed E-state index contributed by atoms with van der Waals surface area (Å²) in [6.07, 6.45) is 1.61. The third-order valence-corrected chi connectivity index (χ3v) is 6.14. The van der Waals surface area contributed by atoms with Crippen molar-refractivity contribution in [2.75, 3.05) is 26.1 Å². The Morgan fingerprint density at radius 1 is 1.10 bits per heavy atom. The van der Waals surface area contributed by atoms with Crippen molar-refractivity contribution in [2.24, 2.45) is 0 Å². The third-order valence-electron chi connectivity index (χ3n) is 4.43. The fourth-order valence-corrected chi connectivity index (χ4v) is 4.88. The zero-order chi connectivity index (χ0) is 22.7. The molecule has 1 aliphatic rings. The van der Waals surface area contributed by atoms with Crippen LogP contribution in [0.3, 0.4) is 0 Å². The van der Waals surface area contributed by atoms with E-state index in [4.69, 9.17) is 9.47 Å². The maximum Gasteiger partial charge on any atom is 0.294 e. The van der Waals surface area contributed by atoms with Crippen LogP contribution in [0.15, 0.2) is 35.2 Å². The van der Waals surface area contributed by atoms with Gasteiger partial charge >= 0.3 is 0 Å². The summed E-state index contributed by atoms with van der Waals surface area (Å²) >= 11 is 2.91. The van der Waals surface area contributed by atoms with Gasteiger partial charge in [-0.15, -0.1) is 0 Å². The molecule has 1 N–H and O–H groups in total. The van der Waals surface area contributed by atoms with E-state index in [2.05, 4.69) is 27.9 Å². The average molecular weight is 552 g/mol. The summed E-state index contributed by atoms with van der Waals surface area (Å²) < 4.78 is 11.5. The summed E-state index contributed by atoms with van der Waals surface area (Å²) in [5.41, 5.74) is 3.33. The van der Waals surface area contributed by atoms with Crippen LogP contribution in [-0.2, 0) is 9.59 Å². The number of thioether (sulfide) groups is 1. The minimum Gasteiger partial charge on any atom is -0.493 e. The first-order chi connectivity index (χ1) is 14.7. The fourth-order valence-electron chi connectivity index (χ4n) is 3.20. The molecule has 0 radical (unpaired) electrons. The second kappa shape index (κ2) is 9.73. The molecule has 9 heteroatoms. The molecule has 7 nitrogen and oxygen atoms in total. The van der Waals surface area contributed by atoms with E-state index in [0.29, 0.717) is 22.7 Å². The SMILES string of the molecule is COc1cc(/C=C2/SC(=O)N(CC(=O)Nc3cc(C)cc(C)c3)C2=O)cc(I)c1OC. The minimum absolute atomic E-state index is 0.243. The highest BCUT2D eigenvalue weighted by molar-refractivity contribution is 14.1. The van der Waals surface area contributed by atoms with Crippen molar-refractivity contribution in [1.82, 2.24) is 4.90 Å². The van der Waals surface area contributed by atoms with E-state index in [1.54, 1.807) is 19.3 Å². The molecule has 31 heavy (non-hydrogen) atoms. The number of halogens is 1. The van der Waals surface area contributed by atoms with Crippen molar-refractivity contribution < 1.29 is 23.9 Å². The van der Waals surface area contributed by atoms with Gasteiger partial charge in [-0.3, -0.25) is 19.3 Å². The predicted octanol–water partition coefficient (Wildman–Crippen LogP) is 4.60. The van der Waals surface area contributed by atoms with Gasteiger partial charge in [0.1, 0.15) is 6.54 Å². The molecular formula is C22H21IN2O5S. The molecular weight excluding hydrogens is 531 g/mol. The Hall–Kier alpha value is -2.53. The summed E-state index contributed by atoms with van der Waals surface area (Å²) in [5, 5.41) is 2.26. The van der Waals surface area contributed by atoms with Crippen LogP contribution in [0.1, 0.15) is 16.7 Å². The molecule has 1 saturated heterocycles. The zero-order valence-corrected chi connectivity index (χ0v) is 20.4. The van der Waals surface area contributed by atoms with E-state index in [0.717, 1.165) is 31.4 Å². The van der Waals surface area contributed by atoms with Crippen molar-refractivity contribution in [1.29, 1.82) is 0 Å². The highest BCUT2D eigenvalue weighted by Gasteiger charge is 2.36. The Balaban J connectivity index is 1.76. The first-order valence-electron chi connectivity index (χ1n) is 9.27. The second-order valence-corrected chi connectivity index (χ2v) is 9.09. The quantitative estimate of drug-likeness (QED) is 0.417. The van der Waals surface area contributed by atoms with Gasteiger partial charge in [0.05, 0.1) is 22.7 Å². The lowest BCUT2D eigenvalue weighted by Crippen LogP contribution is -2.36. The van der Waals surface area contributed by atoms with Gasteiger partial charge in [0.15, 0.2) is 11.5 Å². The van der Waals surface area contributed by atoms with Crippen molar-refractivity contribution in [3.8, 4) is 11.5 Å². The average Bonchev–Trinajstić information content (AvgIpc) is 2.94. The molecule has 1 fully saturated rings. The van der Waals surface area contributed by atoms with Crippen LogP contribution in [0.25, 0.3) is 6.08 Å². The number of imide groups is 1. The number of carbonyl (C=O) groups is 3. The number of benzene rings is 2. The van der Waals surface area contributed by atoms with Gasteiger partial charge < -0.3 is 14.8 Å². The van der Waals surface area contributed by atoms with Gasteiger partial charge in [-0.2, -0.15) is 0 Å². The van der Waals surface area contributed by atoms with E-state index in [-0.39, 0.29) is 11.4 Å². The summed E-state index contributed by atoms with van der Waals surface area (Å²) in [4.78, 5) is 38.7. The Morgan fingerprint density at radius 3 is 2.39 bits per heavy atom. The molecule has 162 valence electrons. The van der Waals surface area contributed by atoms with Crippen LogP contribution in [0.5, 0.6) is 11.5 Å². The zero-order valence-electron chi connectivity index (χ0n) is 17.4. The number of amides is 3. The van der Waals surface area contributed by atoms with Crippen LogP contribution in [-0.4, -0.2) is 42.7 Å². The molecule has 0 atom stereocenters. The van der Waals surface area contributed by atoms with E-state index in [9.17, 15) is 14.4 Å². The molecule has 0 spiro atoms. The van der Waals surface area contributed by atoms with Crippen LogP contribution in [0.4, 0.5) is 10.5 Å². The van der Waals surface area contributed by atoms with Gasteiger partial charge in [-0.05, 0) is 95.2 Å². The van der Waals surface area contributed by atoms with Crippen molar-refractivity contribution in [3.05, 3.63) is 55.5 Å². The highest BCUT2D eigenvalue weighted by atomic mass is 127. The molecule has 3 rings (SSSR count). The van der Waals surface area contributed by atoms with Crippen molar-refractivity contribution >= 4 is 63.2 Å². The Labute approximate surface area is 198 Å². The third kappa shape index (κ3) is 5.40. The number of methoxy groups -OCH3 is 2. The lowest BCUT2D eigenvalue weighted by molar-refractivity contribution is -0.127. The number of carbonyl (C=O) groups excluding carboxylic acids is 3. The van der Waals surface area contributed by atoms with E-state index in [1.807, 2.05) is 38.1 Å². The number of hydrogen-bond acceptors (Lipinski definition) is 6. The monoisotopic (exact) mass is 552 g/mol. The number of anilines is 1. The second-order valence-electron chi connectivity index (χ2n) is 6.93. The summed E-state index contributed by atoms with van der Waals surface area (Å²) in [6, 6.07) is 9.20. The van der Waals surface area contributed by atoms with Crippen LogP contribution in [0.2, 0.25) is 0 Å². The summed E-state index contributed by atoms with van der Waals surface area (Å²) in [7, 11) is 3.08.